The quantitative estimate of drug-likeness (QED) is 0.128. The molecule has 0 aliphatic carbocycles. The Morgan fingerprint density at radius 2 is 0.653 bits per heavy atom. The Balaban J connectivity index is 1.12. The highest BCUT2D eigenvalue weighted by Crippen LogP contribution is 2.53. The molecular weight excluding hydrogens is 1140 g/mol. The lowest BCUT2D eigenvalue weighted by atomic mass is 9.31. The molecule has 0 bridgehead atoms. The predicted molar refractivity (Wildman–Crippen MR) is 321 cm³/mol. The fraction of sp³-hybridized carbons (Fsp3) is 0. The summed E-state index contributed by atoms with van der Waals surface area (Å²) in [5.74, 6) is 0. The summed E-state index contributed by atoms with van der Waals surface area (Å²) >= 11 is 16.1. The van der Waals surface area contributed by atoms with Crippen molar-refractivity contribution in [1.29, 1.82) is 0 Å². The van der Waals surface area contributed by atoms with Crippen LogP contribution >= 0.6 is 63.7 Å². The molecule has 0 unspecified atom stereocenters. The highest BCUT2D eigenvalue weighted by molar-refractivity contribution is 9.11. The van der Waals surface area contributed by atoms with E-state index in [1.165, 1.54) is 132 Å². The van der Waals surface area contributed by atoms with Gasteiger partial charge in [-0.3, -0.25) is 0 Å². The Hall–Kier alpha value is -6.67. The molecule has 0 atom stereocenters. The van der Waals surface area contributed by atoms with Gasteiger partial charge in [0.15, 0.2) is 0 Å². The molecule has 0 fully saturated rings. The highest BCUT2D eigenvalue weighted by atomic mass is 79.9. The molecule has 12 aromatic rings. The van der Waals surface area contributed by atoms with Crippen LogP contribution in [0.4, 0.5) is 34.1 Å². The van der Waals surface area contributed by atoms with Crippen LogP contribution < -0.4 is 42.6 Å². The van der Waals surface area contributed by atoms with Gasteiger partial charge in [-0.25, -0.2) is 0 Å². The number of anilines is 6. The van der Waals surface area contributed by atoms with Gasteiger partial charge >= 0.3 is 0 Å². The molecule has 0 saturated carbocycles. The number of para-hydroxylation sites is 2. The van der Waals surface area contributed by atoms with Crippen LogP contribution in [-0.2, 0) is 0 Å². The molecule has 8 heteroatoms. The number of fused-ring (bicyclic) bond motifs is 8. The van der Waals surface area contributed by atoms with E-state index in [1.54, 1.807) is 0 Å². The molecule has 0 aromatic heterocycles. The van der Waals surface area contributed by atoms with Crippen molar-refractivity contribution in [2.75, 3.05) is 9.80 Å². The lowest BCUT2D eigenvalue weighted by Crippen LogP contribution is -2.60. The van der Waals surface area contributed by atoms with Crippen LogP contribution in [0.5, 0.6) is 0 Å². The monoisotopic (exact) mass is 1170 g/mol. The van der Waals surface area contributed by atoms with Gasteiger partial charge < -0.3 is 9.80 Å². The molecule has 0 N–H and O–H groups in total. The first-order chi connectivity index (χ1) is 35.4. The first kappa shape index (κ1) is 41.9. The third kappa shape index (κ3) is 5.72. The number of nitrogens with zero attached hydrogens (tertiary/aromatic N) is 2. The first-order valence-corrected chi connectivity index (χ1v) is 27.5. The van der Waals surface area contributed by atoms with Gasteiger partial charge in [-0.15, -0.1) is 0 Å². The normalized spacial score (nSPS) is 13.4. The molecule has 0 radical (unpaired) electrons. The SMILES string of the molecule is Brc1ccc2c(c1)N(c1ccccc1)c1cc(Br)cc3c1B2c1cc2c(-c4ccccc4)cc4c5c(cc6c(-c7ccccc7)cc-3c1c6c25)B1c2ccc(Br)cc2N(c2ccccc2)c2cc(Br)cc-4c21. The molecule has 4 aliphatic heterocycles. The summed E-state index contributed by atoms with van der Waals surface area (Å²) in [6, 6.07) is 77.6. The van der Waals surface area contributed by atoms with E-state index in [2.05, 4.69) is 280 Å². The molecule has 2 nitrogen and oxygen atoms in total. The van der Waals surface area contributed by atoms with E-state index < -0.39 is 0 Å². The van der Waals surface area contributed by atoms with Gasteiger partial charge in [0.1, 0.15) is 0 Å². The standard InChI is InChI=1S/C64H34B2Br4N2/c67-37-21-23-51-55(27-37)72(42-19-11-4-12-20-42)58-30-40(70)26-50-46-32-44(36-15-7-2-8-16-36)48-34-54-59-45(31-43(35-13-5-1-6-14-35)47-33-53(65(51)64(50)58)60(46)62(48)61(47)59)49-25-39(69)29-57-63(49)66(54)52-24-22-38(68)28-56(52)71(57)41-17-9-3-10-18-41/h1-34H. The molecule has 0 spiro atoms. The van der Waals surface area contributed by atoms with Gasteiger partial charge in [0.25, 0.3) is 0 Å². The van der Waals surface area contributed by atoms with E-state index in [1.807, 2.05) is 0 Å². The zero-order valence-electron chi connectivity index (χ0n) is 38.2. The summed E-state index contributed by atoms with van der Waals surface area (Å²) in [5, 5.41) is 7.93. The number of benzene rings is 12. The van der Waals surface area contributed by atoms with Crippen LogP contribution in [0, 0.1) is 0 Å². The Bertz CT molecular complexity index is 4060. The summed E-state index contributed by atoms with van der Waals surface area (Å²) in [6.07, 6.45) is 0. The molecule has 0 amide bonds. The third-order valence-electron chi connectivity index (χ3n) is 16.0. The smallest absolute Gasteiger partial charge is 0.248 e. The molecule has 16 rings (SSSR count). The summed E-state index contributed by atoms with van der Waals surface area (Å²) in [6.45, 7) is -0.0641. The zero-order chi connectivity index (χ0) is 47.7. The maximum absolute atomic E-state index is 4.11. The minimum Gasteiger partial charge on any atom is -0.311 e. The second-order valence-electron chi connectivity index (χ2n) is 19.6. The minimum absolute atomic E-state index is 0.0320. The van der Waals surface area contributed by atoms with E-state index in [-0.39, 0.29) is 13.4 Å². The number of hydrogen-bond donors (Lipinski definition) is 0. The highest BCUT2D eigenvalue weighted by Gasteiger charge is 2.46. The number of halogens is 4. The maximum atomic E-state index is 4.11. The van der Waals surface area contributed by atoms with Crippen molar-refractivity contribution in [3.05, 3.63) is 224 Å². The number of rotatable bonds is 4. The van der Waals surface area contributed by atoms with Crippen LogP contribution in [0.15, 0.2) is 224 Å². The fourth-order valence-corrected chi connectivity index (χ4v) is 14.9. The van der Waals surface area contributed by atoms with Crippen molar-refractivity contribution in [3.63, 3.8) is 0 Å². The van der Waals surface area contributed by atoms with E-state index in [0.717, 1.165) is 29.3 Å². The molecule has 334 valence electrons. The van der Waals surface area contributed by atoms with Crippen molar-refractivity contribution in [2.45, 2.75) is 0 Å². The largest absolute Gasteiger partial charge is 0.311 e. The molecule has 0 saturated heterocycles. The minimum atomic E-state index is -0.0320. The van der Waals surface area contributed by atoms with Gasteiger partial charge in [0.05, 0.1) is 0 Å². The van der Waals surface area contributed by atoms with Crippen molar-refractivity contribution in [2.24, 2.45) is 0 Å². The third-order valence-corrected chi connectivity index (χ3v) is 17.9. The maximum Gasteiger partial charge on any atom is 0.248 e. The Kier molecular flexibility index (Phi) is 8.98. The fourth-order valence-electron chi connectivity index (χ4n) is 13.3. The Morgan fingerprint density at radius 1 is 0.278 bits per heavy atom. The average molecular weight is 1170 g/mol. The van der Waals surface area contributed by atoms with Gasteiger partial charge in [-0.1, -0.05) is 196 Å². The van der Waals surface area contributed by atoms with Crippen molar-refractivity contribution >= 4 is 176 Å². The zero-order valence-corrected chi connectivity index (χ0v) is 44.5. The summed E-state index contributed by atoms with van der Waals surface area (Å²) in [7, 11) is 0. The van der Waals surface area contributed by atoms with Gasteiger partial charge in [-0.05, 0) is 184 Å². The van der Waals surface area contributed by atoms with Crippen molar-refractivity contribution < 1.29 is 0 Å². The van der Waals surface area contributed by atoms with E-state index in [4.69, 9.17) is 0 Å². The molecule has 72 heavy (non-hydrogen) atoms. The first-order valence-electron chi connectivity index (χ1n) is 24.3. The van der Waals surface area contributed by atoms with Gasteiger partial charge in [-0.2, -0.15) is 0 Å². The topological polar surface area (TPSA) is 6.48 Å². The molecule has 4 aliphatic rings. The van der Waals surface area contributed by atoms with Gasteiger partial charge in [0, 0.05) is 52.0 Å². The van der Waals surface area contributed by atoms with Gasteiger partial charge in [0.2, 0.25) is 13.4 Å². The second-order valence-corrected chi connectivity index (χ2v) is 23.3. The lowest BCUT2D eigenvalue weighted by Gasteiger charge is -2.42. The van der Waals surface area contributed by atoms with E-state index in [9.17, 15) is 0 Å². The second kappa shape index (κ2) is 15.4. The predicted octanol–water partition coefficient (Wildman–Crippen LogP) is 15.5. The molecular formula is C64H34B2Br4N2. The van der Waals surface area contributed by atoms with Crippen LogP contribution in [-0.4, -0.2) is 13.4 Å². The van der Waals surface area contributed by atoms with E-state index >= 15 is 0 Å². The van der Waals surface area contributed by atoms with Crippen LogP contribution in [0.3, 0.4) is 0 Å². The summed E-state index contributed by atoms with van der Waals surface area (Å²) in [4.78, 5) is 4.95. The summed E-state index contributed by atoms with van der Waals surface area (Å²) in [5.41, 5.74) is 25.0. The lowest BCUT2D eigenvalue weighted by molar-refractivity contribution is 1.29. The van der Waals surface area contributed by atoms with Crippen molar-refractivity contribution in [1.82, 2.24) is 0 Å². The van der Waals surface area contributed by atoms with Crippen LogP contribution in [0.25, 0.3) is 76.8 Å². The number of hydrogen-bond acceptors (Lipinski definition) is 2. The van der Waals surface area contributed by atoms with Crippen LogP contribution in [0.1, 0.15) is 0 Å². The Labute approximate surface area is 451 Å². The van der Waals surface area contributed by atoms with Crippen molar-refractivity contribution in [3.8, 4) is 44.5 Å². The molecule has 4 heterocycles. The summed E-state index contributed by atoms with van der Waals surface area (Å²) < 4.78 is 4.22. The molecule has 12 aromatic carbocycles. The average Bonchev–Trinajstić information content (AvgIpc) is 3.41. The Morgan fingerprint density at radius 3 is 1.06 bits per heavy atom. The van der Waals surface area contributed by atoms with Crippen LogP contribution in [0.2, 0.25) is 0 Å². The van der Waals surface area contributed by atoms with E-state index in [0.29, 0.717) is 0 Å².